The van der Waals surface area contributed by atoms with Gasteiger partial charge in [-0.1, -0.05) is 29.8 Å². The highest BCUT2D eigenvalue weighted by Gasteiger charge is 2.35. The number of hydrogen-bond donors (Lipinski definition) is 1. The Balaban J connectivity index is 2.04. The van der Waals surface area contributed by atoms with E-state index in [-0.39, 0.29) is 6.04 Å². The van der Waals surface area contributed by atoms with Crippen molar-refractivity contribution in [3.8, 4) is 0 Å². The van der Waals surface area contributed by atoms with E-state index < -0.39 is 12.7 Å². The molecule has 1 nitrogen and oxygen atoms in total. The summed E-state index contributed by atoms with van der Waals surface area (Å²) in [4.78, 5) is 0. The minimum Gasteiger partial charge on any atom is -0.302 e. The van der Waals surface area contributed by atoms with Crippen LogP contribution in [0.15, 0.2) is 24.3 Å². The molecule has 0 saturated heterocycles. The summed E-state index contributed by atoms with van der Waals surface area (Å²) in [5.41, 5.74) is 2.08. The molecule has 0 spiro atoms. The summed E-state index contributed by atoms with van der Waals surface area (Å²) in [6.07, 6.45) is -2.11. The van der Waals surface area contributed by atoms with Gasteiger partial charge in [-0.05, 0) is 31.2 Å². The first-order chi connectivity index (χ1) is 7.96. The van der Waals surface area contributed by atoms with Crippen molar-refractivity contribution in [1.82, 2.24) is 5.32 Å². The highest BCUT2D eigenvalue weighted by atomic mass is 19.4. The van der Waals surface area contributed by atoms with Crippen LogP contribution in [0.2, 0.25) is 0 Å². The molecular weight excluding hydrogens is 227 g/mol. The van der Waals surface area contributed by atoms with Gasteiger partial charge in [0.05, 0.1) is 6.54 Å². The van der Waals surface area contributed by atoms with E-state index in [4.69, 9.17) is 0 Å². The van der Waals surface area contributed by atoms with E-state index >= 15 is 0 Å². The van der Waals surface area contributed by atoms with Gasteiger partial charge in [0.15, 0.2) is 0 Å². The van der Waals surface area contributed by atoms with Crippen molar-refractivity contribution < 1.29 is 13.2 Å². The first-order valence-corrected chi connectivity index (χ1v) is 5.82. The molecule has 1 aromatic rings. The Morgan fingerprint density at radius 1 is 1.24 bits per heavy atom. The molecule has 17 heavy (non-hydrogen) atoms. The molecule has 1 aliphatic rings. The second kappa shape index (κ2) is 4.69. The first kappa shape index (κ1) is 12.4. The smallest absolute Gasteiger partial charge is 0.302 e. The highest BCUT2D eigenvalue weighted by Crippen LogP contribution is 2.41. The molecule has 0 amide bonds. The van der Waals surface area contributed by atoms with Crippen molar-refractivity contribution >= 4 is 0 Å². The minimum atomic E-state index is -4.14. The van der Waals surface area contributed by atoms with Crippen LogP contribution < -0.4 is 5.32 Å². The maximum absolute atomic E-state index is 12.2. The predicted octanol–water partition coefficient (Wildman–Crippen LogP) is 3.60. The molecule has 0 aromatic heterocycles. The molecular formula is C13H16F3N. The molecule has 1 aliphatic carbocycles. The lowest BCUT2D eigenvalue weighted by molar-refractivity contribution is -0.126. The average molecular weight is 243 g/mol. The summed E-state index contributed by atoms with van der Waals surface area (Å²) in [6, 6.07) is 7.57. The maximum Gasteiger partial charge on any atom is 0.401 e. The van der Waals surface area contributed by atoms with Crippen molar-refractivity contribution in [2.24, 2.45) is 5.92 Å². The second-order valence-corrected chi connectivity index (χ2v) is 4.72. The van der Waals surface area contributed by atoms with Crippen LogP contribution in [-0.4, -0.2) is 12.7 Å². The third kappa shape index (κ3) is 3.73. The van der Waals surface area contributed by atoms with E-state index in [2.05, 4.69) is 5.32 Å². The van der Waals surface area contributed by atoms with E-state index in [1.54, 1.807) is 0 Å². The van der Waals surface area contributed by atoms with E-state index in [1.807, 2.05) is 31.2 Å². The quantitative estimate of drug-likeness (QED) is 0.852. The van der Waals surface area contributed by atoms with Gasteiger partial charge in [0.2, 0.25) is 0 Å². The van der Waals surface area contributed by atoms with E-state index in [9.17, 15) is 13.2 Å². The number of aryl methyl sites for hydroxylation is 1. The van der Waals surface area contributed by atoms with Crippen LogP contribution in [0.5, 0.6) is 0 Å². The van der Waals surface area contributed by atoms with Gasteiger partial charge in [0.25, 0.3) is 0 Å². The normalized spacial score (nSPS) is 18.1. The van der Waals surface area contributed by atoms with Crippen molar-refractivity contribution in [2.75, 3.05) is 6.54 Å². The minimum absolute atomic E-state index is 0.155. The molecule has 1 atom stereocenters. The Bertz CT molecular complexity index is 365. The largest absolute Gasteiger partial charge is 0.401 e. The Morgan fingerprint density at radius 3 is 2.29 bits per heavy atom. The van der Waals surface area contributed by atoms with E-state index in [1.165, 1.54) is 0 Å². The van der Waals surface area contributed by atoms with Gasteiger partial charge in [-0.15, -0.1) is 0 Å². The highest BCUT2D eigenvalue weighted by molar-refractivity contribution is 5.25. The van der Waals surface area contributed by atoms with Crippen LogP contribution >= 0.6 is 0 Å². The zero-order valence-corrected chi connectivity index (χ0v) is 9.72. The molecule has 0 heterocycles. The van der Waals surface area contributed by atoms with Crippen LogP contribution in [0.4, 0.5) is 13.2 Å². The summed E-state index contributed by atoms with van der Waals surface area (Å²) in [7, 11) is 0. The number of hydrogen-bond acceptors (Lipinski definition) is 1. The molecule has 1 saturated carbocycles. The predicted molar refractivity (Wildman–Crippen MR) is 60.7 cm³/mol. The lowest BCUT2D eigenvalue weighted by Crippen LogP contribution is -2.33. The Morgan fingerprint density at radius 2 is 1.82 bits per heavy atom. The fourth-order valence-corrected chi connectivity index (χ4v) is 1.99. The van der Waals surface area contributed by atoms with Gasteiger partial charge >= 0.3 is 6.18 Å². The van der Waals surface area contributed by atoms with Gasteiger partial charge < -0.3 is 5.32 Å². The fraction of sp³-hybridized carbons (Fsp3) is 0.538. The SMILES string of the molecule is Cc1ccc(C(NCC(F)(F)F)C2CC2)cc1. The Hall–Kier alpha value is -1.03. The van der Waals surface area contributed by atoms with Gasteiger partial charge in [0.1, 0.15) is 0 Å². The van der Waals surface area contributed by atoms with E-state index in [0.717, 1.165) is 24.0 Å². The van der Waals surface area contributed by atoms with Crippen molar-refractivity contribution in [3.05, 3.63) is 35.4 Å². The van der Waals surface area contributed by atoms with Crippen LogP contribution in [0.3, 0.4) is 0 Å². The van der Waals surface area contributed by atoms with Gasteiger partial charge in [-0.2, -0.15) is 13.2 Å². The first-order valence-electron chi connectivity index (χ1n) is 5.82. The van der Waals surface area contributed by atoms with E-state index in [0.29, 0.717) is 5.92 Å². The summed E-state index contributed by atoms with van der Waals surface area (Å²) in [5, 5.41) is 2.63. The second-order valence-electron chi connectivity index (χ2n) is 4.72. The topological polar surface area (TPSA) is 12.0 Å². The summed E-state index contributed by atoms with van der Waals surface area (Å²) >= 11 is 0. The molecule has 0 radical (unpaired) electrons. The number of halogens is 3. The number of alkyl halides is 3. The molecule has 0 bridgehead atoms. The summed E-state index contributed by atoms with van der Waals surface area (Å²) < 4.78 is 36.7. The number of rotatable bonds is 4. The van der Waals surface area contributed by atoms with Crippen LogP contribution in [0.25, 0.3) is 0 Å². The van der Waals surface area contributed by atoms with Crippen LogP contribution in [0.1, 0.15) is 30.0 Å². The Kier molecular flexibility index (Phi) is 3.43. The van der Waals surface area contributed by atoms with Crippen LogP contribution in [0, 0.1) is 12.8 Å². The number of nitrogens with one attached hydrogen (secondary N) is 1. The molecule has 2 rings (SSSR count). The molecule has 1 fully saturated rings. The zero-order valence-electron chi connectivity index (χ0n) is 9.72. The third-order valence-electron chi connectivity index (χ3n) is 3.05. The lowest BCUT2D eigenvalue weighted by Gasteiger charge is -2.20. The summed E-state index contributed by atoms with van der Waals surface area (Å²) in [5.74, 6) is 0.361. The third-order valence-corrected chi connectivity index (χ3v) is 3.05. The van der Waals surface area contributed by atoms with Gasteiger partial charge in [-0.3, -0.25) is 0 Å². The lowest BCUT2D eigenvalue weighted by atomic mass is 10.0. The van der Waals surface area contributed by atoms with Crippen molar-refractivity contribution in [2.45, 2.75) is 32.0 Å². The fourth-order valence-electron chi connectivity index (χ4n) is 1.99. The maximum atomic E-state index is 12.2. The summed E-state index contributed by atoms with van der Waals surface area (Å²) in [6.45, 7) is 1.06. The number of benzene rings is 1. The molecule has 1 N–H and O–H groups in total. The van der Waals surface area contributed by atoms with Gasteiger partial charge in [-0.25, -0.2) is 0 Å². The van der Waals surface area contributed by atoms with Crippen molar-refractivity contribution in [1.29, 1.82) is 0 Å². The molecule has 0 aliphatic heterocycles. The van der Waals surface area contributed by atoms with Crippen molar-refractivity contribution in [3.63, 3.8) is 0 Å². The Labute approximate surface area is 99.0 Å². The standard InChI is InChI=1S/C13H16F3N/c1-9-2-4-10(5-3-9)12(11-6-7-11)17-8-13(14,15)16/h2-5,11-12,17H,6-8H2,1H3. The van der Waals surface area contributed by atoms with Gasteiger partial charge in [0, 0.05) is 6.04 Å². The zero-order chi connectivity index (χ0) is 12.5. The molecule has 94 valence electrons. The monoisotopic (exact) mass is 243 g/mol. The molecule has 1 aromatic carbocycles. The van der Waals surface area contributed by atoms with Crippen LogP contribution in [-0.2, 0) is 0 Å². The molecule has 4 heteroatoms. The molecule has 1 unspecified atom stereocenters. The average Bonchev–Trinajstić information content (AvgIpc) is 3.03.